The average molecular weight is 422 g/mol. The van der Waals surface area contributed by atoms with E-state index in [1.54, 1.807) is 11.3 Å². The molecule has 2 heterocycles. The van der Waals surface area contributed by atoms with Gasteiger partial charge in [0.1, 0.15) is 0 Å². The van der Waals surface area contributed by atoms with E-state index in [-0.39, 0.29) is 18.2 Å². The number of benzene rings is 1. The molecule has 2 aromatic heterocycles. The second-order valence-corrected chi connectivity index (χ2v) is 8.84. The maximum Gasteiger partial charge on any atom is 0.221 e. The molecule has 1 aliphatic carbocycles. The smallest absolute Gasteiger partial charge is 0.221 e. The van der Waals surface area contributed by atoms with E-state index in [2.05, 4.69) is 30.4 Å². The molecule has 0 radical (unpaired) electrons. The molecule has 7 heteroatoms. The van der Waals surface area contributed by atoms with Crippen LogP contribution in [0.3, 0.4) is 0 Å². The van der Waals surface area contributed by atoms with Crippen LogP contribution in [-0.4, -0.2) is 17.0 Å². The van der Waals surface area contributed by atoms with Gasteiger partial charge in [-0.05, 0) is 49.6 Å². The zero-order chi connectivity index (χ0) is 21.6. The number of carbonyl (C=O) groups is 2. The van der Waals surface area contributed by atoms with Gasteiger partial charge in [-0.2, -0.15) is 0 Å². The minimum atomic E-state index is -0.394. The van der Waals surface area contributed by atoms with Crippen molar-refractivity contribution in [2.75, 3.05) is 5.32 Å². The molecule has 0 aliphatic heterocycles. The number of nitrogens with zero attached hydrogens (tertiary/aromatic N) is 1. The first-order chi connectivity index (χ1) is 14.3. The lowest BCUT2D eigenvalue weighted by atomic mass is 9.92. The number of nitrogens with two attached hydrogens (primary N) is 1. The Kier molecular flexibility index (Phi) is 5.07. The molecule has 0 unspecified atom stereocenters. The van der Waals surface area contributed by atoms with Crippen LogP contribution in [-0.2, 0) is 9.59 Å². The van der Waals surface area contributed by atoms with Gasteiger partial charge in [0, 0.05) is 40.3 Å². The molecule has 6 nitrogen and oxygen atoms in total. The SMILES string of the molecule is CC(=O)Nc1ccc(C2=C[C@@H](CC(N)=O)c3onc(C)c3-c3sc(C)c(C)c32)cc1. The van der Waals surface area contributed by atoms with Crippen LogP contribution in [0.2, 0.25) is 0 Å². The largest absolute Gasteiger partial charge is 0.370 e. The molecule has 0 saturated heterocycles. The molecule has 0 fully saturated rings. The van der Waals surface area contributed by atoms with Crippen LogP contribution in [0.4, 0.5) is 5.69 Å². The fraction of sp³-hybridized carbons (Fsp3) is 0.261. The molecular formula is C23H23N3O3S. The number of hydrogen-bond acceptors (Lipinski definition) is 5. The Morgan fingerprint density at radius 3 is 2.50 bits per heavy atom. The third-order valence-corrected chi connectivity index (χ3v) is 6.64. The van der Waals surface area contributed by atoms with Crippen LogP contribution >= 0.6 is 11.3 Å². The van der Waals surface area contributed by atoms with Crippen molar-refractivity contribution in [2.24, 2.45) is 5.73 Å². The van der Waals surface area contributed by atoms with Gasteiger partial charge in [0.15, 0.2) is 5.76 Å². The van der Waals surface area contributed by atoms with E-state index >= 15 is 0 Å². The van der Waals surface area contributed by atoms with Gasteiger partial charge in [-0.15, -0.1) is 11.3 Å². The van der Waals surface area contributed by atoms with Gasteiger partial charge < -0.3 is 15.6 Å². The Bertz CT molecular complexity index is 1190. The number of rotatable bonds is 4. The van der Waals surface area contributed by atoms with E-state index in [0.717, 1.165) is 38.5 Å². The molecule has 2 amide bonds. The first-order valence-corrected chi connectivity index (χ1v) is 10.5. The molecule has 154 valence electrons. The summed E-state index contributed by atoms with van der Waals surface area (Å²) in [6, 6.07) is 7.72. The molecule has 4 rings (SSSR count). The third-order valence-electron chi connectivity index (χ3n) is 5.41. The number of aryl methyl sites for hydroxylation is 2. The fourth-order valence-corrected chi connectivity index (χ4v) is 5.23. The van der Waals surface area contributed by atoms with Crippen LogP contribution in [0.15, 0.2) is 34.9 Å². The molecule has 0 spiro atoms. The lowest BCUT2D eigenvalue weighted by molar-refractivity contribution is -0.118. The number of primary amides is 1. The minimum Gasteiger partial charge on any atom is -0.370 e. The third kappa shape index (κ3) is 3.45. The molecule has 0 bridgehead atoms. The van der Waals surface area contributed by atoms with Crippen molar-refractivity contribution in [3.8, 4) is 10.4 Å². The maximum atomic E-state index is 11.8. The monoisotopic (exact) mass is 421 g/mol. The van der Waals surface area contributed by atoms with Gasteiger partial charge in [-0.25, -0.2) is 0 Å². The first kappa shape index (κ1) is 20.1. The van der Waals surface area contributed by atoms with Crippen LogP contribution in [0.5, 0.6) is 0 Å². The minimum absolute atomic E-state index is 0.114. The second kappa shape index (κ2) is 7.57. The lowest BCUT2D eigenvalue weighted by Crippen LogP contribution is -2.14. The Labute approximate surface area is 178 Å². The molecule has 1 aliphatic rings. The van der Waals surface area contributed by atoms with Gasteiger partial charge in [0.25, 0.3) is 0 Å². The molecule has 0 saturated carbocycles. The van der Waals surface area contributed by atoms with Gasteiger partial charge in [-0.3, -0.25) is 9.59 Å². The topological polar surface area (TPSA) is 98.2 Å². The maximum absolute atomic E-state index is 11.8. The van der Waals surface area contributed by atoms with E-state index in [1.165, 1.54) is 17.4 Å². The van der Waals surface area contributed by atoms with Crippen LogP contribution in [0.1, 0.15) is 52.3 Å². The van der Waals surface area contributed by atoms with Crippen molar-refractivity contribution in [3.05, 3.63) is 63.4 Å². The summed E-state index contributed by atoms with van der Waals surface area (Å²) in [5, 5.41) is 6.98. The Hall–Kier alpha value is -3.19. The first-order valence-electron chi connectivity index (χ1n) is 9.71. The highest BCUT2D eigenvalue weighted by molar-refractivity contribution is 7.16. The highest BCUT2D eigenvalue weighted by Gasteiger charge is 2.32. The molecule has 3 aromatic rings. The van der Waals surface area contributed by atoms with E-state index < -0.39 is 5.91 Å². The lowest BCUT2D eigenvalue weighted by Gasteiger charge is -2.13. The van der Waals surface area contributed by atoms with Gasteiger partial charge in [0.05, 0.1) is 11.3 Å². The van der Waals surface area contributed by atoms with Crippen molar-refractivity contribution in [1.82, 2.24) is 5.16 Å². The van der Waals surface area contributed by atoms with Crippen LogP contribution in [0.25, 0.3) is 16.0 Å². The number of aromatic nitrogens is 1. The fourth-order valence-electron chi connectivity index (χ4n) is 3.95. The van der Waals surface area contributed by atoms with E-state index in [1.807, 2.05) is 31.2 Å². The summed E-state index contributed by atoms with van der Waals surface area (Å²) in [5.74, 6) is -0.131. The summed E-state index contributed by atoms with van der Waals surface area (Å²) in [5.41, 5.74) is 12.4. The van der Waals surface area contributed by atoms with E-state index in [9.17, 15) is 9.59 Å². The number of carbonyl (C=O) groups excluding carboxylic acids is 2. The zero-order valence-corrected chi connectivity index (χ0v) is 18.1. The predicted molar refractivity (Wildman–Crippen MR) is 118 cm³/mol. The number of nitrogens with one attached hydrogen (secondary N) is 1. The Balaban J connectivity index is 1.93. The number of fused-ring (bicyclic) bond motifs is 3. The number of amides is 2. The highest BCUT2D eigenvalue weighted by Crippen LogP contribution is 2.49. The summed E-state index contributed by atoms with van der Waals surface area (Å²) in [7, 11) is 0. The van der Waals surface area contributed by atoms with E-state index in [0.29, 0.717) is 5.76 Å². The van der Waals surface area contributed by atoms with Crippen molar-refractivity contribution < 1.29 is 14.1 Å². The number of thiophene rings is 1. The number of anilines is 1. The van der Waals surface area contributed by atoms with Crippen molar-refractivity contribution in [1.29, 1.82) is 0 Å². The molecule has 3 N–H and O–H groups in total. The molecule has 1 atom stereocenters. The van der Waals surface area contributed by atoms with Crippen molar-refractivity contribution >= 4 is 34.4 Å². The highest BCUT2D eigenvalue weighted by atomic mass is 32.1. The van der Waals surface area contributed by atoms with Crippen LogP contribution in [0, 0.1) is 20.8 Å². The van der Waals surface area contributed by atoms with Gasteiger partial charge in [0.2, 0.25) is 11.8 Å². The standard InChI is InChI=1S/C23H23N3O3S/c1-11-13(3)30-23-20(11)18(15-5-7-17(8-6-15)25-14(4)27)9-16(10-19(24)28)22-21(23)12(2)26-29-22/h5-9,16H,10H2,1-4H3,(H2,24,28)(H,25,27)/t16-/m0/s1. The van der Waals surface area contributed by atoms with Gasteiger partial charge in [-0.1, -0.05) is 23.4 Å². The Morgan fingerprint density at radius 1 is 1.17 bits per heavy atom. The average Bonchev–Trinajstić information content (AvgIpc) is 3.14. The summed E-state index contributed by atoms with van der Waals surface area (Å²) >= 11 is 1.71. The van der Waals surface area contributed by atoms with E-state index in [4.69, 9.17) is 10.3 Å². The molecular weight excluding hydrogens is 398 g/mol. The quantitative estimate of drug-likeness (QED) is 0.638. The van der Waals surface area contributed by atoms with Crippen molar-refractivity contribution in [3.63, 3.8) is 0 Å². The summed E-state index contributed by atoms with van der Waals surface area (Å²) in [6.45, 7) is 7.62. The zero-order valence-electron chi connectivity index (χ0n) is 17.3. The molecule has 1 aromatic carbocycles. The second-order valence-electron chi connectivity index (χ2n) is 7.61. The summed E-state index contributed by atoms with van der Waals surface area (Å²) < 4.78 is 5.69. The number of allylic oxidation sites excluding steroid dienone is 1. The number of hydrogen-bond donors (Lipinski definition) is 2. The summed E-state index contributed by atoms with van der Waals surface area (Å²) in [6.07, 6.45) is 2.20. The Morgan fingerprint density at radius 2 is 1.87 bits per heavy atom. The normalized spacial score (nSPS) is 15.1. The van der Waals surface area contributed by atoms with Gasteiger partial charge >= 0.3 is 0 Å². The summed E-state index contributed by atoms with van der Waals surface area (Å²) in [4.78, 5) is 25.5. The van der Waals surface area contributed by atoms with Crippen molar-refractivity contribution in [2.45, 2.75) is 40.0 Å². The molecule has 30 heavy (non-hydrogen) atoms. The predicted octanol–water partition coefficient (Wildman–Crippen LogP) is 4.69. The van der Waals surface area contributed by atoms with Crippen LogP contribution < -0.4 is 11.1 Å².